The number of carbonyl (C=O) groups excluding carboxylic acids is 2. The van der Waals surface area contributed by atoms with E-state index in [1.54, 1.807) is 12.0 Å². The highest BCUT2D eigenvalue weighted by Crippen LogP contribution is 2.28. The second kappa shape index (κ2) is 12.4. The number of rotatable bonds is 11. The van der Waals surface area contributed by atoms with Gasteiger partial charge < -0.3 is 19.7 Å². The Morgan fingerprint density at radius 1 is 1.06 bits per heavy atom. The van der Waals surface area contributed by atoms with Crippen LogP contribution in [-0.2, 0) is 22.5 Å². The van der Waals surface area contributed by atoms with E-state index >= 15 is 0 Å². The van der Waals surface area contributed by atoms with Crippen LogP contribution in [0, 0.1) is 0 Å². The van der Waals surface area contributed by atoms with Crippen LogP contribution in [0.25, 0.3) is 0 Å². The predicted molar refractivity (Wildman–Crippen MR) is 126 cm³/mol. The third-order valence-electron chi connectivity index (χ3n) is 6.25. The van der Waals surface area contributed by atoms with Crippen LogP contribution < -0.4 is 5.32 Å². The van der Waals surface area contributed by atoms with Crippen molar-refractivity contribution < 1.29 is 14.3 Å². The van der Waals surface area contributed by atoms with E-state index in [2.05, 4.69) is 34.5 Å². The number of piperidine rings is 1. The molecule has 0 aliphatic carbocycles. The first-order valence-electron chi connectivity index (χ1n) is 11.5. The van der Waals surface area contributed by atoms with Crippen molar-refractivity contribution in [3.05, 3.63) is 71.8 Å². The molecule has 0 aromatic heterocycles. The van der Waals surface area contributed by atoms with E-state index < -0.39 is 5.54 Å². The number of urea groups is 1. The van der Waals surface area contributed by atoms with Crippen LogP contribution in [0.1, 0.15) is 30.4 Å². The molecule has 1 N–H and O–H groups in total. The molecular formula is C26H35N3O3. The van der Waals surface area contributed by atoms with E-state index in [4.69, 9.17) is 4.74 Å². The number of carbonyl (C=O) groups is 2. The molecule has 3 rings (SSSR count). The van der Waals surface area contributed by atoms with Crippen LogP contribution in [-0.4, -0.2) is 67.6 Å². The van der Waals surface area contributed by atoms with Gasteiger partial charge >= 0.3 is 6.03 Å². The molecule has 32 heavy (non-hydrogen) atoms. The lowest BCUT2D eigenvalue weighted by molar-refractivity contribution is -0.120. The van der Waals surface area contributed by atoms with Crippen LogP contribution in [0.15, 0.2) is 60.7 Å². The predicted octanol–water partition coefficient (Wildman–Crippen LogP) is 3.51. The minimum absolute atomic E-state index is 0.182. The van der Waals surface area contributed by atoms with Crippen molar-refractivity contribution in [2.24, 2.45) is 0 Å². The smallest absolute Gasteiger partial charge is 0.318 e. The van der Waals surface area contributed by atoms with Gasteiger partial charge in [0.05, 0.1) is 6.61 Å². The molecule has 1 heterocycles. The molecule has 1 aliphatic rings. The fraction of sp³-hybridized carbons (Fsp3) is 0.462. The zero-order valence-corrected chi connectivity index (χ0v) is 19.0. The number of hydrogen-bond donors (Lipinski definition) is 1. The Kier molecular flexibility index (Phi) is 9.26. The number of nitrogens with zero attached hydrogens (tertiary/aromatic N) is 2. The summed E-state index contributed by atoms with van der Waals surface area (Å²) in [5, 5.41) is 3.03. The molecule has 6 heteroatoms. The Hall–Kier alpha value is -2.70. The van der Waals surface area contributed by atoms with Crippen molar-refractivity contribution >= 4 is 12.3 Å². The quantitative estimate of drug-likeness (QED) is 0.432. The summed E-state index contributed by atoms with van der Waals surface area (Å²) in [4.78, 5) is 29.4. The summed E-state index contributed by atoms with van der Waals surface area (Å²) in [6.45, 7) is 3.79. The topological polar surface area (TPSA) is 61.9 Å². The average molecular weight is 438 g/mol. The number of aryl methyl sites for hydroxylation is 1. The number of methoxy groups -OCH3 is 1. The standard InChI is InChI=1S/C26H35N3O3/c1-32-20-19-29(25(31)27-16-8-13-23-9-4-2-5-10-23)26(22-30)14-17-28(18-15-26)21-24-11-6-3-7-12-24/h2-7,9-12,22H,8,13-21H2,1H3,(H,27,31). The maximum atomic E-state index is 13.1. The lowest BCUT2D eigenvalue weighted by atomic mass is 9.87. The van der Waals surface area contributed by atoms with E-state index in [-0.39, 0.29) is 6.03 Å². The van der Waals surface area contributed by atoms with Gasteiger partial charge in [-0.25, -0.2) is 4.79 Å². The van der Waals surface area contributed by atoms with Gasteiger partial charge in [0.1, 0.15) is 11.8 Å². The normalized spacial score (nSPS) is 15.8. The maximum absolute atomic E-state index is 13.1. The monoisotopic (exact) mass is 437 g/mol. The first-order valence-corrected chi connectivity index (χ1v) is 11.5. The van der Waals surface area contributed by atoms with Gasteiger partial charge in [0.2, 0.25) is 0 Å². The van der Waals surface area contributed by atoms with Crippen molar-refractivity contribution in [3.8, 4) is 0 Å². The van der Waals surface area contributed by atoms with Crippen LogP contribution in [0.5, 0.6) is 0 Å². The molecule has 2 amide bonds. The summed E-state index contributed by atoms with van der Waals surface area (Å²) < 4.78 is 5.24. The molecular weight excluding hydrogens is 402 g/mol. The summed E-state index contributed by atoms with van der Waals surface area (Å²) in [6, 6.07) is 20.4. The van der Waals surface area contributed by atoms with E-state index in [1.807, 2.05) is 36.4 Å². The van der Waals surface area contributed by atoms with Crippen LogP contribution in [0.3, 0.4) is 0 Å². The molecule has 1 aliphatic heterocycles. The van der Waals surface area contributed by atoms with Gasteiger partial charge in [-0.1, -0.05) is 60.7 Å². The summed E-state index contributed by atoms with van der Waals surface area (Å²) in [5.41, 5.74) is 1.74. The van der Waals surface area contributed by atoms with E-state index in [0.29, 0.717) is 32.5 Å². The molecule has 0 saturated carbocycles. The van der Waals surface area contributed by atoms with Gasteiger partial charge in [0.15, 0.2) is 0 Å². The molecule has 1 fully saturated rings. The van der Waals surface area contributed by atoms with E-state index in [1.165, 1.54) is 11.1 Å². The van der Waals surface area contributed by atoms with E-state index in [0.717, 1.165) is 38.8 Å². The molecule has 0 radical (unpaired) electrons. The summed E-state index contributed by atoms with van der Waals surface area (Å²) in [6.07, 6.45) is 4.00. The average Bonchev–Trinajstić information content (AvgIpc) is 2.84. The third-order valence-corrected chi connectivity index (χ3v) is 6.25. The second-order valence-electron chi connectivity index (χ2n) is 8.45. The number of ether oxygens (including phenoxy) is 1. The van der Waals surface area contributed by atoms with Gasteiger partial charge in [0.25, 0.3) is 0 Å². The first-order chi connectivity index (χ1) is 15.7. The molecule has 2 aromatic rings. The lowest BCUT2D eigenvalue weighted by Crippen LogP contribution is -2.61. The molecule has 6 nitrogen and oxygen atoms in total. The Morgan fingerprint density at radius 2 is 1.69 bits per heavy atom. The molecule has 0 atom stereocenters. The molecule has 1 saturated heterocycles. The van der Waals surface area contributed by atoms with Gasteiger partial charge in [-0.3, -0.25) is 4.90 Å². The van der Waals surface area contributed by atoms with E-state index in [9.17, 15) is 9.59 Å². The van der Waals surface area contributed by atoms with Gasteiger partial charge in [-0.15, -0.1) is 0 Å². The highest BCUT2D eigenvalue weighted by Gasteiger charge is 2.42. The van der Waals surface area contributed by atoms with Crippen molar-refractivity contribution in [1.29, 1.82) is 0 Å². The zero-order valence-electron chi connectivity index (χ0n) is 19.0. The van der Waals surface area contributed by atoms with Crippen molar-refractivity contribution in [2.45, 2.75) is 37.8 Å². The number of nitrogens with one attached hydrogen (secondary N) is 1. The minimum atomic E-state index is -0.783. The molecule has 172 valence electrons. The van der Waals surface area contributed by atoms with Gasteiger partial charge in [-0.2, -0.15) is 0 Å². The molecule has 0 unspecified atom stereocenters. The molecule has 0 bridgehead atoms. The Morgan fingerprint density at radius 3 is 2.28 bits per heavy atom. The van der Waals surface area contributed by atoms with Crippen molar-refractivity contribution in [2.75, 3.05) is 39.9 Å². The minimum Gasteiger partial charge on any atom is -0.383 e. The summed E-state index contributed by atoms with van der Waals surface area (Å²) in [7, 11) is 1.62. The SMILES string of the molecule is COCCN(C(=O)NCCCc1ccccc1)C1(C=O)CCN(Cc2ccccc2)CC1. The second-order valence-corrected chi connectivity index (χ2v) is 8.45. The third kappa shape index (κ3) is 6.65. The number of amides is 2. The number of hydrogen-bond acceptors (Lipinski definition) is 4. The van der Waals surface area contributed by atoms with Crippen LogP contribution in [0.2, 0.25) is 0 Å². The van der Waals surface area contributed by atoms with Gasteiger partial charge in [-0.05, 0) is 36.8 Å². The fourth-order valence-corrected chi connectivity index (χ4v) is 4.33. The maximum Gasteiger partial charge on any atom is 0.318 e. The number of likely N-dealkylation sites (tertiary alicyclic amines) is 1. The summed E-state index contributed by atoms with van der Waals surface area (Å²) >= 11 is 0. The number of benzene rings is 2. The fourth-order valence-electron chi connectivity index (χ4n) is 4.33. The van der Waals surface area contributed by atoms with Crippen LogP contribution >= 0.6 is 0 Å². The lowest BCUT2D eigenvalue weighted by Gasteiger charge is -2.45. The number of aldehydes is 1. The Balaban J connectivity index is 1.56. The highest BCUT2D eigenvalue weighted by molar-refractivity contribution is 5.80. The molecule has 2 aromatic carbocycles. The zero-order chi connectivity index (χ0) is 22.7. The van der Waals surface area contributed by atoms with Crippen LogP contribution in [0.4, 0.5) is 4.79 Å². The Labute approximate surface area is 191 Å². The van der Waals surface area contributed by atoms with Crippen molar-refractivity contribution in [1.82, 2.24) is 15.1 Å². The van der Waals surface area contributed by atoms with Gasteiger partial charge in [0, 0.05) is 39.8 Å². The first kappa shape index (κ1) is 24.0. The summed E-state index contributed by atoms with van der Waals surface area (Å²) in [5.74, 6) is 0. The van der Waals surface area contributed by atoms with Crippen molar-refractivity contribution in [3.63, 3.8) is 0 Å². The Bertz CT molecular complexity index is 821. The largest absolute Gasteiger partial charge is 0.383 e. The highest BCUT2D eigenvalue weighted by atomic mass is 16.5. The molecule has 0 spiro atoms.